The monoisotopic (exact) mass is 321 g/mol. The van der Waals surface area contributed by atoms with Crippen LogP contribution in [0.15, 0.2) is 0 Å². The molecule has 0 aromatic rings. The Bertz CT molecular complexity index is 94.2. The maximum atomic E-state index is 9.34. The van der Waals surface area contributed by atoms with Crippen LogP contribution < -0.4 is 5.11 Å². The minimum atomic E-state index is -1.44. The van der Waals surface area contributed by atoms with Crippen LogP contribution >= 0.6 is 0 Å². The fraction of sp³-hybridized carbons (Fsp3) is 0.667. The summed E-state index contributed by atoms with van der Waals surface area (Å²) >= 11 is 6.00. The Balaban J connectivity index is -0.0000000263. The molecule has 0 radical (unpaired) electrons. The second kappa shape index (κ2) is 39.5. The van der Waals surface area contributed by atoms with E-state index in [4.69, 9.17) is 16.6 Å². The molecule has 0 saturated heterocycles. The van der Waals surface area contributed by atoms with E-state index in [9.17, 15) is 9.90 Å². The van der Waals surface area contributed by atoms with E-state index in [2.05, 4.69) is 0 Å². The van der Waals surface area contributed by atoms with Gasteiger partial charge in [-0.3, -0.25) is 0 Å². The van der Waals surface area contributed by atoms with Crippen molar-refractivity contribution in [1.29, 1.82) is 0 Å². The summed E-state index contributed by atoms with van der Waals surface area (Å²) < 4.78 is 24.0. The van der Waals surface area contributed by atoms with Gasteiger partial charge in [0.1, 0.15) is 0 Å². The average Bonchev–Trinajstić information content (AvgIpc) is 2.14. The number of hydrogen-bond donors (Lipinski definition) is 1. The van der Waals surface area contributed by atoms with Gasteiger partial charge >= 0.3 is 59.3 Å². The molecule has 1 N–H and O–H groups in total. The predicted octanol–water partition coefficient (Wildman–Crippen LogP) is -2.37. The van der Waals surface area contributed by atoms with E-state index in [1.165, 1.54) is 0 Å². The van der Waals surface area contributed by atoms with Gasteiger partial charge in [-0.2, -0.15) is 0 Å². The predicted molar refractivity (Wildman–Crippen MR) is 19.4 cm³/mol. The van der Waals surface area contributed by atoms with E-state index in [-0.39, 0.29) is 5.48 Å². The van der Waals surface area contributed by atoms with Gasteiger partial charge in [0.05, 0.1) is 12.1 Å². The van der Waals surface area contributed by atoms with E-state index in [1.807, 2.05) is 47.8 Å². The molecule has 10 heteroatoms. The van der Waals surface area contributed by atoms with Gasteiger partial charge < -0.3 is 20.5 Å². The number of hydrogen-bond acceptors (Lipinski definition) is 6. The van der Waals surface area contributed by atoms with E-state index in [1.54, 1.807) is 0 Å². The zero-order valence-electron chi connectivity index (χ0n) is 6.03. The van der Waals surface area contributed by atoms with Crippen LogP contribution in [0.3, 0.4) is 0 Å². The van der Waals surface area contributed by atoms with E-state index < -0.39 is 12.1 Å². The van der Waals surface area contributed by atoms with Crippen molar-refractivity contribution < 1.29 is 79.8 Å². The van der Waals surface area contributed by atoms with E-state index in [0.717, 1.165) is 6.92 Å². The fourth-order valence-electron chi connectivity index (χ4n) is 0. The van der Waals surface area contributed by atoms with Crippen molar-refractivity contribution in [3.8, 4) is 0 Å². The molecule has 0 aliphatic rings. The van der Waals surface area contributed by atoms with Crippen molar-refractivity contribution in [3.05, 3.63) is 0 Å². The van der Waals surface area contributed by atoms with Gasteiger partial charge in [0, 0.05) is 0 Å². The topological polar surface area (TPSA) is 140 Å². The molecule has 7 nitrogen and oxygen atoms in total. The van der Waals surface area contributed by atoms with Crippen LogP contribution in [-0.4, -0.2) is 17.2 Å². The zero-order valence-corrected chi connectivity index (χ0v) is 9.35. The van der Waals surface area contributed by atoms with Gasteiger partial charge in [-0.05, 0) is 6.92 Å². The first-order chi connectivity index (χ1) is 5.64. The molecule has 0 saturated carbocycles. The number of rotatable bonds is 1. The molecule has 1 atom stereocenters. The van der Waals surface area contributed by atoms with Crippen molar-refractivity contribution in [2.45, 2.75) is 13.0 Å². The van der Waals surface area contributed by atoms with Crippen molar-refractivity contribution in [2.75, 3.05) is 0 Å². The van der Waals surface area contributed by atoms with Crippen molar-refractivity contribution in [2.24, 2.45) is 0 Å². The number of aliphatic hydroxyl groups excluding tert-OH is 1. The Morgan fingerprint density at radius 3 is 1.23 bits per heavy atom. The molecule has 0 rings (SSSR count). The van der Waals surface area contributed by atoms with Crippen LogP contribution in [0.5, 0.6) is 0 Å². The molecular formula is C3H5Fe3O7. The number of carboxylic acid groups (broad SMARTS) is 1. The Labute approximate surface area is 98.6 Å². The van der Waals surface area contributed by atoms with Gasteiger partial charge in [-0.25, -0.2) is 0 Å². The molecule has 1 unspecified atom stereocenters. The summed E-state index contributed by atoms with van der Waals surface area (Å²) in [5.74, 6) is -1.44. The van der Waals surface area contributed by atoms with Crippen LogP contribution in [0.4, 0.5) is 0 Å². The first kappa shape index (κ1) is 29.2. The Hall–Kier alpha value is 0.348. The summed E-state index contributed by atoms with van der Waals surface area (Å²) in [6.45, 7) is 1.13. The van der Waals surface area contributed by atoms with Crippen LogP contribution in [0, 0.1) is 0 Å². The molecule has 0 aliphatic carbocycles. The number of aliphatic carboxylic acids is 1. The SMILES string of the molecule is CC(O)C(=O)[O-].[O-2].[O]=[Fe+].[O]=[Fe+].[O]=[Fe+]. The van der Waals surface area contributed by atoms with Crippen molar-refractivity contribution in [3.63, 3.8) is 0 Å². The second-order valence-corrected chi connectivity index (χ2v) is 0.995. The van der Waals surface area contributed by atoms with Crippen LogP contribution in [0.25, 0.3) is 0 Å². The van der Waals surface area contributed by atoms with E-state index in [0.29, 0.717) is 0 Å². The van der Waals surface area contributed by atoms with Crippen LogP contribution in [0.2, 0.25) is 0 Å². The van der Waals surface area contributed by atoms with Crippen LogP contribution in [0.1, 0.15) is 6.92 Å². The third-order valence-electron chi connectivity index (χ3n) is 0.341. The number of carboxylic acids is 1. The van der Waals surface area contributed by atoms with Gasteiger partial charge in [-0.15, -0.1) is 0 Å². The first-order valence-electron chi connectivity index (χ1n) is 1.97. The summed E-state index contributed by atoms with van der Waals surface area (Å²) in [4.78, 5) is 9.34. The summed E-state index contributed by atoms with van der Waals surface area (Å²) in [5.41, 5.74) is 0. The Morgan fingerprint density at radius 2 is 1.23 bits per heavy atom. The first-order valence-corrected chi connectivity index (χ1v) is 3.32. The number of carbonyl (C=O) groups excluding carboxylic acids is 1. The van der Waals surface area contributed by atoms with E-state index >= 15 is 0 Å². The third kappa shape index (κ3) is 69.9. The van der Waals surface area contributed by atoms with Crippen molar-refractivity contribution >= 4 is 5.97 Å². The molecule has 83 valence electrons. The van der Waals surface area contributed by atoms with Gasteiger partial charge in [-0.1, -0.05) is 0 Å². The quantitative estimate of drug-likeness (QED) is 0.536. The molecule has 0 aromatic carbocycles. The van der Waals surface area contributed by atoms with Gasteiger partial charge in [0.25, 0.3) is 0 Å². The second-order valence-electron chi connectivity index (χ2n) is 0.995. The molecule has 0 fully saturated rings. The van der Waals surface area contributed by atoms with Gasteiger partial charge in [0.15, 0.2) is 0 Å². The summed E-state index contributed by atoms with van der Waals surface area (Å²) in [5, 5.41) is 17.3. The average molecular weight is 321 g/mol. The minimum absolute atomic E-state index is 0. The molecular weight excluding hydrogens is 316 g/mol. The standard InChI is InChI=1S/C3H6O3.3Fe.4O/c1-2(4)3(5)6;;;;;;;/h2,4H,1H3,(H,5,6);;;;;;;/q;3*+1;;;;-2/p-1. The molecule has 0 aliphatic heterocycles. The summed E-state index contributed by atoms with van der Waals surface area (Å²) in [7, 11) is 0. The summed E-state index contributed by atoms with van der Waals surface area (Å²) in [6.07, 6.45) is -1.34. The molecule has 0 amide bonds. The number of carbonyl (C=O) groups is 1. The Kier molecular flexibility index (Phi) is 88.6. The third-order valence-corrected chi connectivity index (χ3v) is 0.341. The maximum absolute atomic E-state index is 9.34. The fourth-order valence-corrected chi connectivity index (χ4v) is 0. The summed E-state index contributed by atoms with van der Waals surface area (Å²) in [6, 6.07) is 0. The number of aliphatic hydroxyl groups is 1. The molecule has 0 heterocycles. The zero-order chi connectivity index (χ0) is 11.2. The molecule has 0 spiro atoms. The van der Waals surface area contributed by atoms with Crippen LogP contribution in [-0.2, 0) is 69.6 Å². The van der Waals surface area contributed by atoms with Gasteiger partial charge in [0.2, 0.25) is 0 Å². The molecule has 0 bridgehead atoms. The normalized spacial score (nSPS) is 7.23. The Morgan fingerprint density at radius 1 is 1.15 bits per heavy atom. The molecule has 13 heavy (non-hydrogen) atoms. The van der Waals surface area contributed by atoms with Crippen molar-refractivity contribution in [1.82, 2.24) is 0 Å². The molecule has 0 aromatic heterocycles.